The third-order valence-corrected chi connectivity index (χ3v) is 7.30. The van der Waals surface area contributed by atoms with Crippen LogP contribution in [0.25, 0.3) is 17.0 Å². The van der Waals surface area contributed by atoms with Crippen LogP contribution in [0.5, 0.6) is 0 Å². The second-order valence-electron chi connectivity index (χ2n) is 8.38. The topological polar surface area (TPSA) is 90.6 Å². The van der Waals surface area contributed by atoms with Gasteiger partial charge in [0.05, 0.1) is 40.9 Å². The first-order valence-corrected chi connectivity index (χ1v) is 12.0. The Morgan fingerprint density at radius 1 is 1.20 bits per heavy atom. The molecule has 35 heavy (non-hydrogen) atoms. The average molecular weight is 525 g/mol. The van der Waals surface area contributed by atoms with Crippen LogP contribution < -0.4 is 5.32 Å². The zero-order valence-electron chi connectivity index (χ0n) is 18.0. The SMILES string of the molecule is O=C1/C(=C/c2ccc3c(cnn3Cc3ccc(Cl)cc3C(F)(F)F)c2)SC(O)N1C1CNC[C@H]1O. The number of nitrogens with zero attached hydrogens (tertiary/aromatic N) is 3. The Labute approximate surface area is 207 Å². The molecular formula is C23H20ClF3N4O3S. The van der Waals surface area contributed by atoms with Gasteiger partial charge in [-0.3, -0.25) is 14.4 Å². The van der Waals surface area contributed by atoms with E-state index < -0.39 is 29.4 Å². The van der Waals surface area contributed by atoms with E-state index in [1.54, 1.807) is 30.5 Å². The monoisotopic (exact) mass is 524 g/mol. The van der Waals surface area contributed by atoms with Gasteiger partial charge in [-0.25, -0.2) is 0 Å². The molecule has 12 heteroatoms. The van der Waals surface area contributed by atoms with Gasteiger partial charge in [-0.1, -0.05) is 35.5 Å². The minimum absolute atomic E-state index is 0.00537. The third kappa shape index (κ3) is 4.66. The van der Waals surface area contributed by atoms with Gasteiger partial charge in [-0.2, -0.15) is 18.3 Å². The molecule has 2 aliphatic heterocycles. The summed E-state index contributed by atoms with van der Waals surface area (Å²) in [4.78, 5) is 14.5. The van der Waals surface area contributed by atoms with Crippen LogP contribution in [-0.2, 0) is 17.5 Å². The van der Waals surface area contributed by atoms with Gasteiger partial charge < -0.3 is 15.5 Å². The van der Waals surface area contributed by atoms with Crippen LogP contribution in [0.15, 0.2) is 47.5 Å². The van der Waals surface area contributed by atoms with E-state index >= 15 is 0 Å². The second-order valence-corrected chi connectivity index (χ2v) is 9.91. The van der Waals surface area contributed by atoms with Gasteiger partial charge in [0.15, 0.2) is 5.56 Å². The van der Waals surface area contributed by atoms with Crippen LogP contribution in [0.1, 0.15) is 16.7 Å². The zero-order chi connectivity index (χ0) is 24.9. The van der Waals surface area contributed by atoms with Crippen LogP contribution >= 0.6 is 23.4 Å². The summed E-state index contributed by atoms with van der Waals surface area (Å²) in [6, 6.07) is 8.38. The van der Waals surface area contributed by atoms with E-state index in [9.17, 15) is 28.2 Å². The number of carbonyl (C=O) groups excluding carboxylic acids is 1. The fourth-order valence-corrected chi connectivity index (χ4v) is 5.55. The van der Waals surface area contributed by atoms with E-state index in [1.807, 2.05) is 0 Å². The Hall–Kier alpha value is -2.57. The van der Waals surface area contributed by atoms with Crippen LogP contribution in [0.3, 0.4) is 0 Å². The number of fused-ring (bicyclic) bond motifs is 1. The fourth-order valence-electron chi connectivity index (χ4n) is 4.38. The number of amides is 1. The molecule has 1 aromatic heterocycles. The van der Waals surface area contributed by atoms with Crippen LogP contribution in [-0.4, -0.2) is 61.6 Å². The predicted octanol–water partition coefficient (Wildman–Crippen LogP) is 3.28. The lowest BCUT2D eigenvalue weighted by Crippen LogP contribution is -2.47. The second kappa shape index (κ2) is 9.14. The molecule has 0 radical (unpaired) electrons. The predicted molar refractivity (Wildman–Crippen MR) is 126 cm³/mol. The molecule has 2 unspecified atom stereocenters. The standard InChI is InChI=1S/C23H20ClF3N4O3S/c24-15-3-2-13(16(7-15)23(25,26)27)11-30-17-4-1-12(5-14(17)8-29-30)6-20-21(33)31(22(34)35-20)18-9-28-10-19(18)32/h1-8,18-19,22,28,32,34H,9-11H2/b20-6-/t18?,19-,22?/m1/s1. The molecule has 2 aliphatic rings. The number of thioether (sulfide) groups is 1. The molecule has 7 nitrogen and oxygen atoms in total. The smallest absolute Gasteiger partial charge is 0.390 e. The van der Waals surface area contributed by atoms with Gasteiger partial charge >= 0.3 is 6.18 Å². The van der Waals surface area contributed by atoms with E-state index in [4.69, 9.17) is 11.6 Å². The van der Waals surface area contributed by atoms with Gasteiger partial charge in [-0.15, -0.1) is 0 Å². The zero-order valence-corrected chi connectivity index (χ0v) is 19.6. The molecule has 0 bridgehead atoms. The number of β-amino-alcohol motifs (C(OH)–C–C–N with tert-alkyl or cyclic N) is 1. The number of nitrogens with one attached hydrogen (secondary N) is 1. The Kier molecular flexibility index (Phi) is 6.30. The first-order chi connectivity index (χ1) is 16.6. The molecule has 3 heterocycles. The highest BCUT2D eigenvalue weighted by atomic mass is 35.5. The van der Waals surface area contributed by atoms with Crippen molar-refractivity contribution in [3.05, 3.63) is 69.2 Å². The van der Waals surface area contributed by atoms with Crippen molar-refractivity contribution in [1.29, 1.82) is 0 Å². The first-order valence-electron chi connectivity index (χ1n) is 10.7. The number of hydrogen-bond donors (Lipinski definition) is 3. The molecule has 3 aromatic rings. The summed E-state index contributed by atoms with van der Waals surface area (Å²) >= 11 is 6.77. The lowest BCUT2D eigenvalue weighted by atomic mass is 10.1. The number of carbonyl (C=O) groups is 1. The Balaban J connectivity index is 1.40. The van der Waals surface area contributed by atoms with Crippen LogP contribution in [0, 0.1) is 0 Å². The van der Waals surface area contributed by atoms with E-state index in [0.717, 1.165) is 17.8 Å². The highest BCUT2D eigenvalue weighted by molar-refractivity contribution is 8.05. The van der Waals surface area contributed by atoms with Crippen molar-refractivity contribution in [3.8, 4) is 0 Å². The van der Waals surface area contributed by atoms with Crippen molar-refractivity contribution in [3.63, 3.8) is 0 Å². The Bertz CT molecular complexity index is 1330. The number of rotatable bonds is 4. The molecule has 2 saturated heterocycles. The largest absolute Gasteiger partial charge is 0.416 e. The molecule has 0 spiro atoms. The number of aromatic nitrogens is 2. The quantitative estimate of drug-likeness (QED) is 0.454. The molecule has 0 saturated carbocycles. The first kappa shape index (κ1) is 24.1. The maximum absolute atomic E-state index is 13.5. The molecule has 5 rings (SSSR count). The van der Waals surface area contributed by atoms with Crippen molar-refractivity contribution >= 4 is 46.2 Å². The van der Waals surface area contributed by atoms with E-state index in [2.05, 4.69) is 10.4 Å². The molecule has 0 aliphatic carbocycles. The normalized spacial score (nSPS) is 24.3. The highest BCUT2D eigenvalue weighted by Crippen LogP contribution is 2.38. The van der Waals surface area contributed by atoms with Crippen molar-refractivity contribution < 1.29 is 28.2 Å². The van der Waals surface area contributed by atoms with Gasteiger partial charge in [0.25, 0.3) is 5.91 Å². The van der Waals surface area contributed by atoms with Crippen LogP contribution in [0.4, 0.5) is 13.2 Å². The maximum Gasteiger partial charge on any atom is 0.416 e. The van der Waals surface area contributed by atoms with Gasteiger partial charge in [0.1, 0.15) is 0 Å². The summed E-state index contributed by atoms with van der Waals surface area (Å²) in [7, 11) is 0. The molecular weight excluding hydrogens is 505 g/mol. The molecule has 3 N–H and O–H groups in total. The number of aliphatic hydroxyl groups is 2. The van der Waals surface area contributed by atoms with E-state index in [-0.39, 0.29) is 23.0 Å². The minimum atomic E-state index is -4.54. The van der Waals surface area contributed by atoms with E-state index in [0.29, 0.717) is 34.5 Å². The Morgan fingerprint density at radius 3 is 2.71 bits per heavy atom. The molecule has 2 fully saturated rings. The number of halogens is 4. The number of benzene rings is 2. The lowest BCUT2D eigenvalue weighted by Gasteiger charge is -2.27. The number of hydrogen-bond acceptors (Lipinski definition) is 6. The molecule has 184 valence electrons. The minimum Gasteiger partial charge on any atom is -0.390 e. The van der Waals surface area contributed by atoms with Crippen molar-refractivity contribution in [2.45, 2.75) is 30.4 Å². The summed E-state index contributed by atoms with van der Waals surface area (Å²) in [6.45, 7) is 0.655. The molecule has 1 amide bonds. The van der Waals surface area contributed by atoms with Gasteiger partial charge in [0, 0.05) is 23.5 Å². The summed E-state index contributed by atoms with van der Waals surface area (Å²) < 4.78 is 41.9. The Morgan fingerprint density at radius 2 is 2.00 bits per heavy atom. The summed E-state index contributed by atoms with van der Waals surface area (Å²) in [5.41, 5.74) is -0.555. The third-order valence-electron chi connectivity index (χ3n) is 6.09. The maximum atomic E-state index is 13.5. The number of alkyl halides is 3. The highest BCUT2D eigenvalue weighted by Gasteiger charge is 2.43. The van der Waals surface area contributed by atoms with Crippen molar-refractivity contribution in [2.24, 2.45) is 0 Å². The van der Waals surface area contributed by atoms with Gasteiger partial charge in [-0.05, 0) is 41.5 Å². The molecule has 3 atom stereocenters. The fraction of sp³-hybridized carbons (Fsp3) is 0.304. The average Bonchev–Trinajstić information content (AvgIpc) is 3.46. The van der Waals surface area contributed by atoms with Gasteiger partial charge in [0.2, 0.25) is 0 Å². The van der Waals surface area contributed by atoms with Crippen molar-refractivity contribution in [1.82, 2.24) is 20.0 Å². The molecule has 2 aromatic carbocycles. The van der Waals surface area contributed by atoms with Crippen LogP contribution in [0.2, 0.25) is 5.02 Å². The summed E-state index contributed by atoms with van der Waals surface area (Å²) in [5.74, 6) is -0.367. The summed E-state index contributed by atoms with van der Waals surface area (Å²) in [5, 5.41) is 28.4. The van der Waals surface area contributed by atoms with Crippen molar-refractivity contribution in [2.75, 3.05) is 13.1 Å². The number of aliphatic hydroxyl groups excluding tert-OH is 2. The lowest BCUT2D eigenvalue weighted by molar-refractivity contribution is -0.138. The summed E-state index contributed by atoms with van der Waals surface area (Å²) in [6.07, 6.45) is -2.11. The van der Waals surface area contributed by atoms with E-state index in [1.165, 1.54) is 21.7 Å².